The van der Waals surface area contributed by atoms with Crippen molar-refractivity contribution >= 4 is 38.5 Å². The molecule has 1 unspecified atom stereocenters. The Labute approximate surface area is 179 Å². The second-order valence-corrected chi connectivity index (χ2v) is 8.87. The van der Waals surface area contributed by atoms with E-state index in [4.69, 9.17) is 0 Å². The molecule has 5 rings (SSSR count). The van der Waals surface area contributed by atoms with Gasteiger partial charge in [-0.15, -0.1) is 11.3 Å². The molecule has 1 amide bonds. The molecule has 1 aliphatic heterocycles. The van der Waals surface area contributed by atoms with Crippen molar-refractivity contribution in [3.05, 3.63) is 58.6 Å². The van der Waals surface area contributed by atoms with Crippen molar-refractivity contribution in [1.82, 2.24) is 14.5 Å². The second-order valence-electron chi connectivity index (χ2n) is 7.69. The van der Waals surface area contributed by atoms with Crippen LogP contribution >= 0.6 is 11.3 Å². The number of aromatic nitrogens is 2. The molecule has 0 saturated carbocycles. The van der Waals surface area contributed by atoms with Crippen molar-refractivity contribution in [2.45, 2.75) is 25.6 Å². The molecule has 5 nitrogen and oxygen atoms in total. The van der Waals surface area contributed by atoms with E-state index in [1.807, 2.05) is 11.5 Å². The number of nitrogens with zero attached hydrogens (tertiary/aromatic N) is 3. The van der Waals surface area contributed by atoms with E-state index in [1.54, 1.807) is 23.1 Å². The molecular weight excluding hydrogens is 427 g/mol. The Morgan fingerprint density at radius 1 is 1.19 bits per heavy atom. The lowest BCUT2D eigenvalue weighted by atomic mass is 10.1. The summed E-state index contributed by atoms with van der Waals surface area (Å²) in [7, 11) is 0. The zero-order valence-corrected chi connectivity index (χ0v) is 17.3. The summed E-state index contributed by atoms with van der Waals surface area (Å²) in [6.07, 6.45) is -4.33. The molecule has 2 aromatic heterocycles. The smallest absolute Gasteiger partial charge is 0.391 e. The average Bonchev–Trinajstić information content (AvgIpc) is 3.40. The highest BCUT2D eigenvalue weighted by atomic mass is 32.1. The highest BCUT2D eigenvalue weighted by Gasteiger charge is 2.30. The van der Waals surface area contributed by atoms with Gasteiger partial charge >= 0.3 is 6.18 Å². The van der Waals surface area contributed by atoms with Crippen LogP contribution in [0.5, 0.6) is 0 Å². The summed E-state index contributed by atoms with van der Waals surface area (Å²) in [6.45, 7) is 2.69. The van der Waals surface area contributed by atoms with E-state index in [0.717, 1.165) is 32.9 Å². The van der Waals surface area contributed by atoms with Gasteiger partial charge in [0.15, 0.2) is 0 Å². The van der Waals surface area contributed by atoms with Crippen molar-refractivity contribution in [3.8, 4) is 5.69 Å². The third kappa shape index (κ3) is 3.37. The Morgan fingerprint density at radius 2 is 1.94 bits per heavy atom. The summed E-state index contributed by atoms with van der Waals surface area (Å²) in [6, 6.07) is 10.3. The Balaban J connectivity index is 1.64. The summed E-state index contributed by atoms with van der Waals surface area (Å²) in [5.41, 5.74) is 1.88. The van der Waals surface area contributed by atoms with Crippen LogP contribution in [0.2, 0.25) is 0 Å². The maximum atomic E-state index is 13.0. The first-order valence-corrected chi connectivity index (χ1v) is 10.6. The summed E-state index contributed by atoms with van der Waals surface area (Å²) in [5.74, 6) is -0.152. The fourth-order valence-corrected chi connectivity index (χ4v) is 5.04. The van der Waals surface area contributed by atoms with E-state index in [0.29, 0.717) is 36.3 Å². The highest BCUT2D eigenvalue weighted by Crippen LogP contribution is 2.37. The van der Waals surface area contributed by atoms with Gasteiger partial charge in [0, 0.05) is 29.7 Å². The average molecular weight is 445 g/mol. The third-order valence-electron chi connectivity index (χ3n) is 5.56. The molecule has 4 aromatic rings. The predicted molar refractivity (Wildman–Crippen MR) is 113 cm³/mol. The first-order chi connectivity index (χ1) is 14.7. The number of hydrogen-bond acceptors (Lipinski definition) is 4. The molecule has 1 atom stereocenters. The number of hydrogen-bond donors (Lipinski definition) is 1. The van der Waals surface area contributed by atoms with Crippen LogP contribution in [0.3, 0.4) is 0 Å². The van der Waals surface area contributed by atoms with E-state index in [2.05, 4.69) is 4.98 Å². The molecule has 31 heavy (non-hydrogen) atoms. The van der Waals surface area contributed by atoms with Gasteiger partial charge < -0.3 is 10.0 Å². The molecule has 0 spiro atoms. The van der Waals surface area contributed by atoms with Crippen LogP contribution in [0, 0.1) is 6.92 Å². The molecule has 0 bridgehead atoms. The lowest BCUT2D eigenvalue weighted by molar-refractivity contribution is -0.137. The number of likely N-dealkylation sites (tertiary alicyclic amines) is 1. The maximum absolute atomic E-state index is 13.0. The summed E-state index contributed by atoms with van der Waals surface area (Å²) in [5, 5.41) is 11.3. The summed E-state index contributed by atoms with van der Waals surface area (Å²) in [4.78, 5) is 19.9. The number of benzene rings is 2. The molecule has 2 aromatic carbocycles. The van der Waals surface area contributed by atoms with Crippen LogP contribution in [0.4, 0.5) is 13.2 Å². The van der Waals surface area contributed by atoms with Gasteiger partial charge in [-0.1, -0.05) is 0 Å². The van der Waals surface area contributed by atoms with E-state index in [-0.39, 0.29) is 5.91 Å². The largest absolute Gasteiger partial charge is 0.416 e. The van der Waals surface area contributed by atoms with E-state index < -0.39 is 17.8 Å². The molecule has 1 saturated heterocycles. The van der Waals surface area contributed by atoms with Crippen molar-refractivity contribution < 1.29 is 23.1 Å². The maximum Gasteiger partial charge on any atom is 0.416 e. The lowest BCUT2D eigenvalue weighted by Gasteiger charge is -2.15. The predicted octanol–water partition coefficient (Wildman–Crippen LogP) is 4.77. The second kappa shape index (κ2) is 7.06. The number of β-amino-alcohol motifs (C(OH)–C–C–N with tert-alkyl or cyclic N) is 1. The van der Waals surface area contributed by atoms with Gasteiger partial charge in [0.05, 0.1) is 22.2 Å². The Bertz CT molecular complexity index is 1310. The van der Waals surface area contributed by atoms with Crippen LogP contribution in [0.1, 0.15) is 27.3 Å². The topological polar surface area (TPSA) is 58.4 Å². The van der Waals surface area contributed by atoms with Crippen molar-refractivity contribution in [2.24, 2.45) is 0 Å². The minimum atomic E-state index is -4.40. The summed E-state index contributed by atoms with van der Waals surface area (Å²) < 4.78 is 40.8. The summed E-state index contributed by atoms with van der Waals surface area (Å²) >= 11 is 1.45. The highest BCUT2D eigenvalue weighted by molar-refractivity contribution is 7.18. The van der Waals surface area contributed by atoms with E-state index >= 15 is 0 Å². The molecule has 0 aliphatic carbocycles. The first kappa shape index (κ1) is 20.0. The molecule has 1 fully saturated rings. The number of carbonyl (C=O) groups is 1. The number of alkyl halides is 3. The minimum absolute atomic E-state index is 0.152. The number of aliphatic hydroxyl groups excluding tert-OH is 1. The van der Waals surface area contributed by atoms with Crippen LogP contribution < -0.4 is 0 Å². The van der Waals surface area contributed by atoms with Gasteiger partial charge in [0.1, 0.15) is 10.3 Å². The van der Waals surface area contributed by atoms with Crippen LogP contribution in [-0.4, -0.2) is 44.7 Å². The Morgan fingerprint density at radius 3 is 2.58 bits per heavy atom. The number of halogens is 3. The van der Waals surface area contributed by atoms with Crippen LogP contribution in [0.25, 0.3) is 26.9 Å². The van der Waals surface area contributed by atoms with Gasteiger partial charge in [0.2, 0.25) is 0 Å². The first-order valence-electron chi connectivity index (χ1n) is 9.79. The van der Waals surface area contributed by atoms with Crippen molar-refractivity contribution in [3.63, 3.8) is 0 Å². The normalized spacial score (nSPS) is 17.2. The Kier molecular flexibility index (Phi) is 4.56. The number of fused-ring (bicyclic) bond motifs is 3. The fraction of sp³-hybridized carbons (Fsp3) is 0.273. The third-order valence-corrected chi connectivity index (χ3v) is 6.52. The van der Waals surface area contributed by atoms with Crippen LogP contribution in [0.15, 0.2) is 42.5 Å². The standard InChI is InChI=1S/C22H18F3N3O2S/c1-12-26-19-17-10-13(20(30)27-9-8-16(29)11-27)2-7-18(17)28(21(19)31-12)15-5-3-14(4-6-15)22(23,24)25/h2-7,10,16,29H,8-9,11H2,1H3. The minimum Gasteiger partial charge on any atom is -0.391 e. The van der Waals surface area contributed by atoms with E-state index in [1.165, 1.54) is 23.5 Å². The molecule has 9 heteroatoms. The molecule has 0 radical (unpaired) electrons. The van der Waals surface area contributed by atoms with Crippen molar-refractivity contribution in [2.75, 3.05) is 13.1 Å². The molecular formula is C22H18F3N3O2S. The number of rotatable bonds is 2. The molecule has 3 heterocycles. The number of aliphatic hydroxyl groups is 1. The number of thiazole rings is 1. The SMILES string of the molecule is Cc1nc2c3cc(C(=O)N4CCC(O)C4)ccc3n(-c3ccc(C(F)(F)F)cc3)c2s1. The van der Waals surface area contributed by atoms with Gasteiger partial charge in [0.25, 0.3) is 5.91 Å². The Hall–Kier alpha value is -2.91. The number of amides is 1. The van der Waals surface area contributed by atoms with Gasteiger partial charge in [-0.3, -0.25) is 9.36 Å². The quantitative estimate of drug-likeness (QED) is 0.483. The molecule has 1 N–H and O–H groups in total. The monoisotopic (exact) mass is 445 g/mol. The zero-order chi connectivity index (χ0) is 21.9. The number of aryl methyl sites for hydroxylation is 1. The van der Waals surface area contributed by atoms with Gasteiger partial charge in [-0.25, -0.2) is 4.98 Å². The lowest BCUT2D eigenvalue weighted by Crippen LogP contribution is -2.29. The molecule has 1 aliphatic rings. The van der Waals surface area contributed by atoms with E-state index in [9.17, 15) is 23.1 Å². The zero-order valence-electron chi connectivity index (χ0n) is 16.5. The fourth-order valence-electron chi connectivity index (χ4n) is 4.07. The number of carbonyl (C=O) groups excluding carboxylic acids is 1. The van der Waals surface area contributed by atoms with Crippen molar-refractivity contribution in [1.29, 1.82) is 0 Å². The molecule has 160 valence electrons. The van der Waals surface area contributed by atoms with Gasteiger partial charge in [-0.05, 0) is 55.8 Å². The van der Waals surface area contributed by atoms with Crippen LogP contribution in [-0.2, 0) is 6.18 Å². The van der Waals surface area contributed by atoms with Gasteiger partial charge in [-0.2, -0.15) is 13.2 Å².